The molecule has 1 unspecified atom stereocenters. The van der Waals surface area contributed by atoms with Crippen LogP contribution in [0.15, 0.2) is 23.7 Å². The highest BCUT2D eigenvalue weighted by Gasteiger charge is 2.33. The van der Waals surface area contributed by atoms with Crippen LogP contribution in [0.25, 0.3) is 0 Å². The third-order valence-corrected chi connectivity index (χ3v) is 5.45. The lowest BCUT2D eigenvalue weighted by Crippen LogP contribution is -2.49. The first-order valence-electron chi connectivity index (χ1n) is 7.34. The van der Waals surface area contributed by atoms with E-state index in [2.05, 4.69) is 10.3 Å². The molecule has 1 aliphatic heterocycles. The Kier molecular flexibility index (Phi) is 4.92. The van der Waals surface area contributed by atoms with Crippen LogP contribution in [-0.4, -0.2) is 41.4 Å². The number of thiazole rings is 1. The summed E-state index contributed by atoms with van der Waals surface area (Å²) in [6.45, 7) is 0.607. The zero-order chi connectivity index (χ0) is 16.2. The topological polar surface area (TPSA) is 71.5 Å². The Balaban J connectivity index is 1.72. The maximum atomic E-state index is 12.6. The third kappa shape index (κ3) is 3.53. The van der Waals surface area contributed by atoms with Gasteiger partial charge in [-0.25, -0.2) is 4.98 Å². The first-order valence-corrected chi connectivity index (χ1v) is 9.04. The molecule has 1 saturated heterocycles. The summed E-state index contributed by atoms with van der Waals surface area (Å²) in [5.41, 5.74) is 0. The van der Waals surface area contributed by atoms with Gasteiger partial charge in [0.1, 0.15) is 6.04 Å². The molecule has 0 aliphatic carbocycles. The number of ether oxygens (including phenoxy) is 1. The van der Waals surface area contributed by atoms with Crippen LogP contribution in [0, 0.1) is 0 Å². The fourth-order valence-corrected chi connectivity index (χ4v) is 3.90. The molecule has 122 valence electrons. The molecule has 2 aromatic heterocycles. The molecule has 3 rings (SSSR count). The number of hydrogen-bond donors (Lipinski definition) is 1. The van der Waals surface area contributed by atoms with Gasteiger partial charge in [0.15, 0.2) is 10.2 Å². The summed E-state index contributed by atoms with van der Waals surface area (Å²) < 4.78 is 5.07. The SMILES string of the molecule is COc1cnc(NC(=O)C2CCCCN2C(=O)c2cccs2)s1. The average molecular weight is 351 g/mol. The second kappa shape index (κ2) is 7.10. The second-order valence-electron chi connectivity index (χ2n) is 5.17. The Morgan fingerprint density at radius 1 is 1.43 bits per heavy atom. The lowest BCUT2D eigenvalue weighted by molar-refractivity contribution is -0.121. The maximum absolute atomic E-state index is 12.6. The van der Waals surface area contributed by atoms with Crippen molar-refractivity contribution in [3.63, 3.8) is 0 Å². The molecule has 1 aliphatic rings. The van der Waals surface area contributed by atoms with Crippen molar-refractivity contribution in [3.05, 3.63) is 28.6 Å². The number of piperidine rings is 1. The normalized spacial score (nSPS) is 17.8. The van der Waals surface area contributed by atoms with E-state index in [1.54, 1.807) is 24.3 Å². The molecule has 1 N–H and O–H groups in total. The van der Waals surface area contributed by atoms with Gasteiger partial charge in [-0.1, -0.05) is 17.4 Å². The second-order valence-corrected chi connectivity index (χ2v) is 7.11. The number of hydrogen-bond acceptors (Lipinski definition) is 6. The van der Waals surface area contributed by atoms with Gasteiger partial charge in [-0.2, -0.15) is 0 Å². The van der Waals surface area contributed by atoms with Crippen LogP contribution in [-0.2, 0) is 4.79 Å². The fraction of sp³-hybridized carbons (Fsp3) is 0.400. The summed E-state index contributed by atoms with van der Waals surface area (Å²) in [7, 11) is 1.56. The zero-order valence-electron chi connectivity index (χ0n) is 12.7. The van der Waals surface area contributed by atoms with Gasteiger partial charge >= 0.3 is 0 Å². The molecular formula is C15H17N3O3S2. The maximum Gasteiger partial charge on any atom is 0.264 e. The van der Waals surface area contributed by atoms with E-state index in [1.807, 2.05) is 11.4 Å². The molecule has 1 atom stereocenters. The van der Waals surface area contributed by atoms with Crippen LogP contribution in [0.5, 0.6) is 5.06 Å². The number of aromatic nitrogens is 1. The number of amides is 2. The summed E-state index contributed by atoms with van der Waals surface area (Å²) >= 11 is 2.66. The number of likely N-dealkylation sites (tertiary alicyclic amines) is 1. The van der Waals surface area contributed by atoms with Gasteiger partial charge in [0.05, 0.1) is 18.2 Å². The highest BCUT2D eigenvalue weighted by atomic mass is 32.1. The van der Waals surface area contributed by atoms with E-state index in [1.165, 1.54) is 22.7 Å². The first kappa shape index (κ1) is 15.9. The molecular weight excluding hydrogens is 334 g/mol. The summed E-state index contributed by atoms with van der Waals surface area (Å²) in [6.07, 6.45) is 4.10. The molecule has 0 aromatic carbocycles. The highest BCUT2D eigenvalue weighted by molar-refractivity contribution is 7.17. The van der Waals surface area contributed by atoms with Gasteiger partial charge in [-0.05, 0) is 30.7 Å². The number of carbonyl (C=O) groups excluding carboxylic acids is 2. The van der Waals surface area contributed by atoms with Gasteiger partial charge in [0.2, 0.25) is 5.91 Å². The number of thiophene rings is 1. The molecule has 0 bridgehead atoms. The van der Waals surface area contributed by atoms with Gasteiger partial charge in [-0.15, -0.1) is 11.3 Å². The quantitative estimate of drug-likeness (QED) is 0.919. The third-order valence-electron chi connectivity index (χ3n) is 3.71. The minimum Gasteiger partial charge on any atom is -0.486 e. The van der Waals surface area contributed by atoms with Gasteiger partial charge in [-0.3, -0.25) is 9.59 Å². The summed E-state index contributed by atoms with van der Waals surface area (Å²) in [5, 5.41) is 5.79. The molecule has 2 amide bonds. The molecule has 6 nitrogen and oxygen atoms in total. The molecule has 1 fully saturated rings. The molecule has 23 heavy (non-hydrogen) atoms. The number of methoxy groups -OCH3 is 1. The van der Waals surface area contributed by atoms with E-state index in [0.29, 0.717) is 28.0 Å². The number of nitrogens with zero attached hydrogens (tertiary/aromatic N) is 2. The summed E-state index contributed by atoms with van der Waals surface area (Å²) in [4.78, 5) is 31.6. The first-order chi connectivity index (χ1) is 11.2. The van der Waals surface area contributed by atoms with E-state index in [4.69, 9.17) is 4.74 Å². The van der Waals surface area contributed by atoms with Crippen LogP contribution >= 0.6 is 22.7 Å². The lowest BCUT2D eigenvalue weighted by atomic mass is 10.0. The minimum atomic E-state index is -0.451. The van der Waals surface area contributed by atoms with E-state index in [-0.39, 0.29) is 11.8 Å². The standard InChI is InChI=1S/C15H17N3O3S2/c1-21-12-9-16-15(23-12)17-13(19)10-5-2-3-7-18(10)14(20)11-6-4-8-22-11/h4,6,8-10H,2-3,5,7H2,1H3,(H,16,17,19). The molecule has 8 heteroatoms. The average Bonchev–Trinajstić information content (AvgIpc) is 3.25. The van der Waals surface area contributed by atoms with Crippen molar-refractivity contribution in [1.82, 2.24) is 9.88 Å². The van der Waals surface area contributed by atoms with Gasteiger partial charge in [0, 0.05) is 6.54 Å². The largest absolute Gasteiger partial charge is 0.486 e. The van der Waals surface area contributed by atoms with E-state index in [0.717, 1.165) is 12.8 Å². The highest BCUT2D eigenvalue weighted by Crippen LogP contribution is 2.27. The monoisotopic (exact) mass is 351 g/mol. The van der Waals surface area contributed by atoms with Crippen LogP contribution < -0.4 is 10.1 Å². The van der Waals surface area contributed by atoms with Crippen molar-refractivity contribution in [2.45, 2.75) is 25.3 Å². The van der Waals surface area contributed by atoms with E-state index in [9.17, 15) is 9.59 Å². The molecule has 0 radical (unpaired) electrons. The van der Waals surface area contributed by atoms with Crippen molar-refractivity contribution in [2.75, 3.05) is 19.0 Å². The Labute approximate surface area is 142 Å². The summed E-state index contributed by atoms with van der Waals surface area (Å²) in [6, 6.07) is 3.19. The van der Waals surface area contributed by atoms with Crippen molar-refractivity contribution in [2.24, 2.45) is 0 Å². The molecule has 0 spiro atoms. The van der Waals surface area contributed by atoms with Crippen molar-refractivity contribution in [1.29, 1.82) is 0 Å². The smallest absolute Gasteiger partial charge is 0.264 e. The zero-order valence-corrected chi connectivity index (χ0v) is 14.3. The minimum absolute atomic E-state index is 0.0726. The fourth-order valence-electron chi connectivity index (χ4n) is 2.59. The molecule has 2 aromatic rings. The van der Waals surface area contributed by atoms with Gasteiger partial charge < -0.3 is 15.0 Å². The van der Waals surface area contributed by atoms with Crippen LogP contribution in [0.2, 0.25) is 0 Å². The van der Waals surface area contributed by atoms with Crippen molar-refractivity contribution < 1.29 is 14.3 Å². The molecule has 3 heterocycles. The van der Waals surface area contributed by atoms with Crippen LogP contribution in [0.3, 0.4) is 0 Å². The number of nitrogens with one attached hydrogen (secondary N) is 1. The Morgan fingerprint density at radius 3 is 3.00 bits per heavy atom. The van der Waals surface area contributed by atoms with Gasteiger partial charge in [0.25, 0.3) is 5.91 Å². The number of rotatable bonds is 4. The Morgan fingerprint density at radius 2 is 2.30 bits per heavy atom. The molecule has 0 saturated carbocycles. The van der Waals surface area contributed by atoms with Crippen LogP contribution in [0.4, 0.5) is 5.13 Å². The predicted octanol–water partition coefficient (Wildman–Crippen LogP) is 2.85. The van der Waals surface area contributed by atoms with E-state index < -0.39 is 6.04 Å². The number of anilines is 1. The predicted molar refractivity (Wildman–Crippen MR) is 90.3 cm³/mol. The summed E-state index contributed by atoms with van der Waals surface area (Å²) in [5.74, 6) is -0.261. The Bertz CT molecular complexity index is 684. The van der Waals surface area contributed by atoms with Crippen molar-refractivity contribution >= 4 is 39.6 Å². The van der Waals surface area contributed by atoms with E-state index >= 15 is 0 Å². The lowest BCUT2D eigenvalue weighted by Gasteiger charge is -2.34. The Hall–Kier alpha value is -1.93. The van der Waals surface area contributed by atoms with Crippen molar-refractivity contribution in [3.8, 4) is 5.06 Å². The number of carbonyl (C=O) groups is 2. The van der Waals surface area contributed by atoms with Crippen LogP contribution in [0.1, 0.15) is 28.9 Å².